The molecule has 0 saturated heterocycles. The molecule has 82 valence electrons. The molecule has 1 aromatic rings. The van der Waals surface area contributed by atoms with Gasteiger partial charge in [-0.3, -0.25) is 0 Å². The molecule has 1 aromatic carbocycles. The maximum atomic E-state index is 8.59. The summed E-state index contributed by atoms with van der Waals surface area (Å²) in [5.74, 6) is 1.37. The van der Waals surface area contributed by atoms with Gasteiger partial charge in [0, 0.05) is 5.92 Å². The number of nitrogens with zero attached hydrogens (tertiary/aromatic N) is 1. The number of benzene rings is 1. The van der Waals surface area contributed by atoms with E-state index in [0.717, 1.165) is 11.3 Å². The molecular formula is C12H17NO2. The van der Waals surface area contributed by atoms with E-state index < -0.39 is 0 Å². The molecule has 15 heavy (non-hydrogen) atoms. The van der Waals surface area contributed by atoms with Crippen LogP contribution in [0.25, 0.3) is 0 Å². The monoisotopic (exact) mass is 207 g/mol. The molecule has 0 aliphatic carbocycles. The minimum atomic E-state index is 0.140. The Kier molecular flexibility index (Phi) is 4.16. The topological polar surface area (TPSA) is 41.8 Å². The highest BCUT2D eigenvalue weighted by Gasteiger charge is 2.13. The third-order valence-corrected chi connectivity index (χ3v) is 2.45. The van der Waals surface area contributed by atoms with Crippen molar-refractivity contribution in [3.8, 4) is 5.75 Å². The first kappa shape index (κ1) is 11.6. The van der Waals surface area contributed by atoms with Crippen molar-refractivity contribution in [2.45, 2.75) is 19.8 Å². The highest BCUT2D eigenvalue weighted by Crippen LogP contribution is 2.24. The molecule has 3 heteroatoms. The van der Waals surface area contributed by atoms with Gasteiger partial charge in [0.15, 0.2) is 0 Å². The van der Waals surface area contributed by atoms with Gasteiger partial charge in [-0.05, 0) is 23.6 Å². The molecule has 0 aliphatic rings. The van der Waals surface area contributed by atoms with E-state index in [-0.39, 0.29) is 5.92 Å². The predicted octanol–water partition coefficient (Wildman–Crippen LogP) is 2.89. The summed E-state index contributed by atoms with van der Waals surface area (Å²) in [6.07, 6.45) is 1.56. The summed E-state index contributed by atoms with van der Waals surface area (Å²) in [5, 5.41) is 11.7. The van der Waals surface area contributed by atoms with E-state index in [9.17, 15) is 0 Å². The van der Waals surface area contributed by atoms with E-state index in [0.29, 0.717) is 5.92 Å². The molecule has 1 N–H and O–H groups in total. The summed E-state index contributed by atoms with van der Waals surface area (Å²) in [5.41, 5.74) is 1.13. The van der Waals surface area contributed by atoms with Crippen LogP contribution in [0.3, 0.4) is 0 Å². The maximum Gasteiger partial charge on any atom is 0.118 e. The zero-order valence-electron chi connectivity index (χ0n) is 9.34. The highest BCUT2D eigenvalue weighted by atomic mass is 16.5. The van der Waals surface area contributed by atoms with Gasteiger partial charge in [-0.2, -0.15) is 0 Å². The Hall–Kier alpha value is -1.51. The molecule has 3 nitrogen and oxygen atoms in total. The number of ether oxygens (including phenoxy) is 1. The molecular weight excluding hydrogens is 190 g/mol. The summed E-state index contributed by atoms with van der Waals surface area (Å²) in [4.78, 5) is 0. The third-order valence-electron chi connectivity index (χ3n) is 2.45. The smallest absolute Gasteiger partial charge is 0.118 e. The number of hydrogen-bond donors (Lipinski definition) is 1. The second kappa shape index (κ2) is 5.39. The Morgan fingerprint density at radius 3 is 2.27 bits per heavy atom. The lowest BCUT2D eigenvalue weighted by Gasteiger charge is -2.16. The van der Waals surface area contributed by atoms with Crippen LogP contribution in [-0.4, -0.2) is 18.5 Å². The van der Waals surface area contributed by atoms with Gasteiger partial charge in [-0.25, -0.2) is 0 Å². The second-order valence-corrected chi connectivity index (χ2v) is 3.81. The van der Waals surface area contributed by atoms with Gasteiger partial charge < -0.3 is 9.94 Å². The number of oxime groups is 1. The summed E-state index contributed by atoms with van der Waals surface area (Å²) < 4.78 is 5.09. The lowest BCUT2D eigenvalue weighted by molar-refractivity contribution is 0.318. The fraction of sp³-hybridized carbons (Fsp3) is 0.417. The summed E-state index contributed by atoms with van der Waals surface area (Å²) in [6.45, 7) is 4.19. The molecule has 0 bridgehead atoms. The number of hydrogen-bond acceptors (Lipinski definition) is 3. The van der Waals surface area contributed by atoms with Crippen molar-refractivity contribution in [2.75, 3.05) is 7.11 Å². The van der Waals surface area contributed by atoms with Crippen molar-refractivity contribution in [2.24, 2.45) is 11.1 Å². The van der Waals surface area contributed by atoms with Gasteiger partial charge in [-0.1, -0.05) is 26.0 Å². The molecule has 0 radical (unpaired) electrons. The van der Waals surface area contributed by atoms with E-state index >= 15 is 0 Å². The van der Waals surface area contributed by atoms with E-state index in [1.54, 1.807) is 13.3 Å². The Morgan fingerprint density at radius 2 is 1.87 bits per heavy atom. The number of rotatable bonds is 4. The predicted molar refractivity (Wildman–Crippen MR) is 60.9 cm³/mol. The van der Waals surface area contributed by atoms with Crippen molar-refractivity contribution in [1.82, 2.24) is 0 Å². The SMILES string of the molecule is COc1ccc([C@H](/C=N/O)C(C)C)cc1. The van der Waals surface area contributed by atoms with Gasteiger partial charge in [0.2, 0.25) is 0 Å². The Bertz CT molecular complexity index is 317. The van der Waals surface area contributed by atoms with Crippen molar-refractivity contribution in [3.63, 3.8) is 0 Å². The summed E-state index contributed by atoms with van der Waals surface area (Å²) >= 11 is 0. The zero-order valence-corrected chi connectivity index (χ0v) is 9.34. The lowest BCUT2D eigenvalue weighted by Crippen LogP contribution is -2.08. The van der Waals surface area contributed by atoms with E-state index in [4.69, 9.17) is 9.94 Å². The standard InChI is InChI=1S/C12H17NO2/c1-9(2)12(8-13-14)10-4-6-11(15-3)7-5-10/h4-9,12,14H,1-3H3/b13-8+/t12-/m1/s1. The van der Waals surface area contributed by atoms with Crippen molar-refractivity contribution < 1.29 is 9.94 Å². The van der Waals surface area contributed by atoms with Crippen molar-refractivity contribution >= 4 is 6.21 Å². The van der Waals surface area contributed by atoms with E-state index in [2.05, 4.69) is 19.0 Å². The molecule has 0 aromatic heterocycles. The van der Waals surface area contributed by atoms with Gasteiger partial charge in [0.25, 0.3) is 0 Å². The summed E-state index contributed by atoms with van der Waals surface area (Å²) in [7, 11) is 1.64. The van der Waals surface area contributed by atoms with Crippen LogP contribution in [0.5, 0.6) is 5.75 Å². The molecule has 0 fully saturated rings. The molecule has 1 atom stereocenters. The highest BCUT2D eigenvalue weighted by molar-refractivity contribution is 5.67. The molecule has 0 saturated carbocycles. The fourth-order valence-electron chi connectivity index (χ4n) is 1.54. The average Bonchev–Trinajstić information content (AvgIpc) is 2.26. The van der Waals surface area contributed by atoms with Gasteiger partial charge in [0.05, 0.1) is 13.3 Å². The first-order valence-electron chi connectivity index (χ1n) is 5.00. The van der Waals surface area contributed by atoms with Crippen LogP contribution in [0, 0.1) is 5.92 Å². The van der Waals surface area contributed by atoms with Gasteiger partial charge in [-0.15, -0.1) is 5.16 Å². The van der Waals surface area contributed by atoms with Crippen LogP contribution in [0.4, 0.5) is 0 Å². The van der Waals surface area contributed by atoms with E-state index in [1.807, 2.05) is 24.3 Å². The molecule has 0 unspecified atom stereocenters. The first-order chi connectivity index (χ1) is 7.19. The quantitative estimate of drug-likeness (QED) is 0.468. The van der Waals surface area contributed by atoms with Gasteiger partial charge >= 0.3 is 0 Å². The lowest BCUT2D eigenvalue weighted by atomic mass is 9.89. The second-order valence-electron chi connectivity index (χ2n) is 3.81. The molecule has 0 heterocycles. The largest absolute Gasteiger partial charge is 0.497 e. The van der Waals surface area contributed by atoms with Crippen LogP contribution in [0.2, 0.25) is 0 Å². The van der Waals surface area contributed by atoms with Gasteiger partial charge in [0.1, 0.15) is 5.75 Å². The fourth-order valence-corrected chi connectivity index (χ4v) is 1.54. The maximum absolute atomic E-state index is 8.59. The van der Waals surface area contributed by atoms with Crippen LogP contribution >= 0.6 is 0 Å². The Balaban J connectivity index is 2.91. The van der Waals surface area contributed by atoms with Crippen LogP contribution in [-0.2, 0) is 0 Å². The van der Waals surface area contributed by atoms with Crippen molar-refractivity contribution in [1.29, 1.82) is 0 Å². The molecule has 0 amide bonds. The molecule has 0 spiro atoms. The number of methoxy groups -OCH3 is 1. The zero-order chi connectivity index (χ0) is 11.3. The molecule has 0 aliphatic heterocycles. The third kappa shape index (κ3) is 2.98. The Morgan fingerprint density at radius 1 is 1.27 bits per heavy atom. The van der Waals surface area contributed by atoms with Crippen LogP contribution in [0.15, 0.2) is 29.4 Å². The van der Waals surface area contributed by atoms with Crippen LogP contribution in [0.1, 0.15) is 25.3 Å². The van der Waals surface area contributed by atoms with E-state index in [1.165, 1.54) is 0 Å². The minimum absolute atomic E-state index is 0.140. The first-order valence-corrected chi connectivity index (χ1v) is 5.00. The minimum Gasteiger partial charge on any atom is -0.497 e. The normalized spacial score (nSPS) is 13.3. The summed E-state index contributed by atoms with van der Waals surface area (Å²) in [6, 6.07) is 7.81. The Labute approximate surface area is 90.4 Å². The van der Waals surface area contributed by atoms with Crippen molar-refractivity contribution in [3.05, 3.63) is 29.8 Å². The molecule has 1 rings (SSSR count). The van der Waals surface area contributed by atoms with Crippen LogP contribution < -0.4 is 4.74 Å². The average molecular weight is 207 g/mol.